The third kappa shape index (κ3) is 5.15. The Kier molecular flexibility index (Phi) is 6.57. The molecule has 2 aromatic rings. The molecule has 9 heteroatoms. The van der Waals surface area contributed by atoms with Gasteiger partial charge < -0.3 is 9.16 Å². The van der Waals surface area contributed by atoms with E-state index in [2.05, 4.69) is 43.9 Å². The summed E-state index contributed by atoms with van der Waals surface area (Å²) in [6.45, 7) is 15.7. The highest BCUT2D eigenvalue weighted by molar-refractivity contribution is 6.74. The van der Waals surface area contributed by atoms with Crippen LogP contribution in [0, 0.1) is 24.0 Å². The van der Waals surface area contributed by atoms with E-state index in [-0.39, 0.29) is 27.4 Å². The predicted octanol–water partition coefficient (Wildman–Crippen LogP) is 5.46. The Morgan fingerprint density at radius 1 is 1.23 bits per heavy atom. The van der Waals surface area contributed by atoms with E-state index in [4.69, 9.17) is 9.16 Å². The molecule has 2 aromatic heterocycles. The van der Waals surface area contributed by atoms with E-state index >= 15 is 0 Å². The molecule has 170 valence electrons. The lowest BCUT2D eigenvalue weighted by Gasteiger charge is -2.36. The Hall–Kier alpha value is -2.26. The Bertz CT molecular complexity index is 961. The minimum absolute atomic E-state index is 0.0206. The molecule has 0 saturated heterocycles. The summed E-state index contributed by atoms with van der Waals surface area (Å²) in [6, 6.07) is 3.81. The van der Waals surface area contributed by atoms with Gasteiger partial charge in [0.05, 0.1) is 22.9 Å². The molecule has 1 saturated carbocycles. The number of rotatable bonds is 9. The molecule has 31 heavy (non-hydrogen) atoms. The van der Waals surface area contributed by atoms with Gasteiger partial charge in [-0.1, -0.05) is 20.8 Å². The van der Waals surface area contributed by atoms with Crippen LogP contribution in [0.4, 0.5) is 5.69 Å². The van der Waals surface area contributed by atoms with Gasteiger partial charge in [0.25, 0.3) is 0 Å². The Balaban J connectivity index is 1.79. The summed E-state index contributed by atoms with van der Waals surface area (Å²) in [5, 5.41) is 16.6. The van der Waals surface area contributed by atoms with Gasteiger partial charge in [-0.15, -0.1) is 5.10 Å². The zero-order chi connectivity index (χ0) is 23.0. The van der Waals surface area contributed by atoms with Crippen molar-refractivity contribution in [2.24, 2.45) is 0 Å². The summed E-state index contributed by atoms with van der Waals surface area (Å²) in [5.74, 6) is 0.215. The van der Waals surface area contributed by atoms with Gasteiger partial charge in [0, 0.05) is 24.6 Å². The highest BCUT2D eigenvalue weighted by Crippen LogP contribution is 2.48. The van der Waals surface area contributed by atoms with Gasteiger partial charge in [-0.05, 0) is 57.0 Å². The van der Waals surface area contributed by atoms with Crippen LogP contribution >= 0.6 is 0 Å². The molecule has 0 aliphatic heterocycles. The Morgan fingerprint density at radius 3 is 2.45 bits per heavy atom. The van der Waals surface area contributed by atoms with Crippen LogP contribution in [0.5, 0.6) is 5.88 Å². The molecule has 0 N–H and O–H groups in total. The molecule has 0 radical (unpaired) electrons. The monoisotopic (exact) mass is 446 g/mol. The van der Waals surface area contributed by atoms with E-state index in [0.717, 1.165) is 29.9 Å². The topological polar surface area (TPSA) is 92.3 Å². The largest absolute Gasteiger partial charge is 0.472 e. The summed E-state index contributed by atoms with van der Waals surface area (Å²) >= 11 is 0. The maximum absolute atomic E-state index is 11.9. The summed E-state index contributed by atoms with van der Waals surface area (Å²) in [5.41, 5.74) is 3.04. The molecule has 3 rings (SSSR count). The lowest BCUT2D eigenvalue weighted by Crippen LogP contribution is -2.41. The quantitative estimate of drug-likeness (QED) is 0.220. The second-order valence-corrected chi connectivity index (χ2v) is 14.7. The van der Waals surface area contributed by atoms with Crippen molar-refractivity contribution in [3.05, 3.63) is 39.3 Å². The first-order valence-electron chi connectivity index (χ1n) is 10.9. The predicted molar refractivity (Wildman–Crippen MR) is 123 cm³/mol. The zero-order valence-corrected chi connectivity index (χ0v) is 20.7. The lowest BCUT2D eigenvalue weighted by atomic mass is 10.2. The van der Waals surface area contributed by atoms with E-state index in [1.807, 2.05) is 26.0 Å². The molecule has 0 amide bonds. The second kappa shape index (κ2) is 8.70. The van der Waals surface area contributed by atoms with E-state index in [9.17, 15) is 10.1 Å². The van der Waals surface area contributed by atoms with Gasteiger partial charge >= 0.3 is 11.6 Å². The van der Waals surface area contributed by atoms with Crippen LogP contribution in [0.15, 0.2) is 12.1 Å². The smallest absolute Gasteiger partial charge is 0.354 e. The van der Waals surface area contributed by atoms with Gasteiger partial charge in [-0.3, -0.25) is 15.1 Å². The van der Waals surface area contributed by atoms with E-state index in [0.29, 0.717) is 25.3 Å². The number of hydrogen-bond donors (Lipinski definition) is 0. The van der Waals surface area contributed by atoms with Crippen molar-refractivity contribution in [3.63, 3.8) is 0 Å². The number of ether oxygens (including phenoxy) is 1. The van der Waals surface area contributed by atoms with Crippen LogP contribution in [-0.4, -0.2) is 41.2 Å². The van der Waals surface area contributed by atoms with Crippen molar-refractivity contribution in [2.45, 2.75) is 77.9 Å². The van der Waals surface area contributed by atoms with E-state index in [1.165, 1.54) is 0 Å². The maximum Gasteiger partial charge on any atom is 0.354 e. The van der Waals surface area contributed by atoms with Crippen molar-refractivity contribution < 1.29 is 14.1 Å². The van der Waals surface area contributed by atoms with Gasteiger partial charge in [-0.2, -0.15) is 0 Å². The number of aryl methyl sites for hydroxylation is 2. The van der Waals surface area contributed by atoms with Crippen molar-refractivity contribution in [2.75, 3.05) is 13.2 Å². The average Bonchev–Trinajstić information content (AvgIpc) is 3.41. The fraction of sp³-hybridized carbons (Fsp3) is 0.636. The van der Waals surface area contributed by atoms with Crippen LogP contribution in [0.25, 0.3) is 5.69 Å². The molecule has 0 unspecified atom stereocenters. The molecule has 0 atom stereocenters. The van der Waals surface area contributed by atoms with Gasteiger partial charge in [0.1, 0.15) is 5.69 Å². The van der Waals surface area contributed by atoms with Gasteiger partial charge in [0.2, 0.25) is 0 Å². The number of nitro groups is 1. The summed E-state index contributed by atoms with van der Waals surface area (Å²) in [7, 11) is -1.82. The fourth-order valence-electron chi connectivity index (χ4n) is 3.25. The summed E-state index contributed by atoms with van der Waals surface area (Å²) in [4.78, 5) is 16.1. The van der Waals surface area contributed by atoms with Crippen molar-refractivity contribution in [1.29, 1.82) is 0 Å². The molecule has 0 spiro atoms. The number of hydrogen-bond acceptors (Lipinski definition) is 6. The molecular formula is C22H34N4O4Si. The third-order valence-corrected chi connectivity index (χ3v) is 10.8. The van der Waals surface area contributed by atoms with Gasteiger partial charge in [-0.25, -0.2) is 4.68 Å². The zero-order valence-electron chi connectivity index (χ0n) is 19.7. The Morgan fingerprint density at radius 2 is 1.90 bits per heavy atom. The normalized spacial score (nSPS) is 14.7. The highest BCUT2D eigenvalue weighted by atomic mass is 28.4. The molecule has 1 fully saturated rings. The molecule has 0 aromatic carbocycles. The van der Waals surface area contributed by atoms with Crippen LogP contribution in [0.1, 0.15) is 63.0 Å². The van der Waals surface area contributed by atoms with Gasteiger partial charge in [0.15, 0.2) is 8.32 Å². The maximum atomic E-state index is 11.9. The van der Waals surface area contributed by atoms with E-state index in [1.54, 1.807) is 4.68 Å². The minimum Gasteiger partial charge on any atom is -0.472 e. The number of pyridine rings is 1. The average molecular weight is 447 g/mol. The first-order chi connectivity index (χ1) is 14.4. The first kappa shape index (κ1) is 23.4. The second-order valence-electron chi connectivity index (χ2n) is 9.85. The van der Waals surface area contributed by atoms with Crippen LogP contribution < -0.4 is 4.74 Å². The summed E-state index contributed by atoms with van der Waals surface area (Å²) in [6.07, 6.45) is 2.50. The number of aromatic nitrogens is 3. The fourth-order valence-corrected chi connectivity index (χ4v) is 4.34. The van der Waals surface area contributed by atoms with Crippen molar-refractivity contribution in [1.82, 2.24) is 14.8 Å². The Labute approximate surface area is 185 Å². The summed E-state index contributed by atoms with van der Waals surface area (Å²) < 4.78 is 13.7. The molecule has 0 bridgehead atoms. The third-order valence-electron chi connectivity index (χ3n) is 6.23. The van der Waals surface area contributed by atoms with Crippen molar-refractivity contribution in [3.8, 4) is 11.6 Å². The molecule has 8 nitrogen and oxygen atoms in total. The lowest BCUT2D eigenvalue weighted by molar-refractivity contribution is -0.386. The van der Waals surface area contributed by atoms with Crippen LogP contribution in [0.3, 0.4) is 0 Å². The molecular weight excluding hydrogens is 412 g/mol. The van der Waals surface area contributed by atoms with Crippen LogP contribution in [-0.2, 0) is 4.43 Å². The molecule has 1 aliphatic rings. The minimum atomic E-state index is -1.82. The SMILES string of the molecule is Cc1ccc(-n2nc(OCCCO[Si](C)(C)C(C)(C)C)c([N+](=O)[O-])c2C2CC2)c(C)n1. The number of nitrogens with zero attached hydrogens (tertiary/aromatic N) is 4. The standard InChI is InChI=1S/C22H34N4O4Si/c1-15-9-12-18(16(2)23-15)25-19(17-10-11-17)20(26(27)28)21(24-25)29-13-8-14-30-31(6,7)22(3,4)5/h9,12,17H,8,10-11,13-14H2,1-7H3. The highest BCUT2D eigenvalue weighted by Gasteiger charge is 2.40. The van der Waals surface area contributed by atoms with Crippen molar-refractivity contribution >= 4 is 14.0 Å². The van der Waals surface area contributed by atoms with E-state index < -0.39 is 8.32 Å². The first-order valence-corrected chi connectivity index (χ1v) is 13.8. The molecule has 2 heterocycles. The molecule has 1 aliphatic carbocycles. The van der Waals surface area contributed by atoms with Crippen LogP contribution in [0.2, 0.25) is 18.1 Å².